The molecule has 0 aromatic heterocycles. The number of benzene rings is 2. The fraction of sp³-hybridized carbons (Fsp3) is 0.350. The molecular formula is C20H24FNO4. The molecule has 0 radical (unpaired) electrons. The van der Waals surface area contributed by atoms with E-state index in [1.54, 1.807) is 21.1 Å². The summed E-state index contributed by atoms with van der Waals surface area (Å²) in [6.07, 6.45) is 0.930. The molecule has 26 heavy (non-hydrogen) atoms. The number of aryl methyl sites for hydroxylation is 1. The highest BCUT2D eigenvalue weighted by Gasteiger charge is 2.14. The lowest BCUT2D eigenvalue weighted by Gasteiger charge is -2.15. The van der Waals surface area contributed by atoms with Crippen molar-refractivity contribution in [2.45, 2.75) is 25.9 Å². The number of hydrogen-bond donors (Lipinski definition) is 1. The van der Waals surface area contributed by atoms with Gasteiger partial charge in [0.1, 0.15) is 11.6 Å². The Bertz CT molecular complexity index is 718. The van der Waals surface area contributed by atoms with Crippen molar-refractivity contribution < 1.29 is 23.4 Å². The molecule has 0 saturated carbocycles. The molecule has 1 N–H and O–H groups in total. The molecule has 0 spiro atoms. The average molecular weight is 361 g/mol. The zero-order valence-electron chi connectivity index (χ0n) is 15.3. The van der Waals surface area contributed by atoms with E-state index < -0.39 is 6.10 Å². The van der Waals surface area contributed by atoms with Gasteiger partial charge >= 0.3 is 0 Å². The molecule has 0 aliphatic rings. The molecule has 1 atom stereocenters. The van der Waals surface area contributed by atoms with Crippen LogP contribution in [-0.4, -0.2) is 32.8 Å². The maximum Gasteiger partial charge on any atom is 0.260 e. The maximum absolute atomic E-state index is 12.9. The minimum Gasteiger partial charge on any atom is -0.493 e. The van der Waals surface area contributed by atoms with E-state index in [4.69, 9.17) is 14.2 Å². The molecule has 5 nitrogen and oxygen atoms in total. The first kappa shape index (κ1) is 19.6. The highest BCUT2D eigenvalue weighted by Crippen LogP contribution is 2.27. The number of carbonyl (C=O) groups is 1. The van der Waals surface area contributed by atoms with Gasteiger partial charge in [-0.1, -0.05) is 6.07 Å². The Balaban J connectivity index is 1.75. The van der Waals surface area contributed by atoms with Crippen molar-refractivity contribution in [2.24, 2.45) is 0 Å². The third-order valence-corrected chi connectivity index (χ3v) is 3.89. The quantitative estimate of drug-likeness (QED) is 0.696. The molecule has 0 bridgehead atoms. The van der Waals surface area contributed by atoms with Crippen molar-refractivity contribution in [1.82, 2.24) is 5.32 Å². The summed E-state index contributed by atoms with van der Waals surface area (Å²) in [6, 6.07) is 11.4. The van der Waals surface area contributed by atoms with Gasteiger partial charge in [-0.05, 0) is 61.7 Å². The van der Waals surface area contributed by atoms with E-state index in [0.717, 1.165) is 18.4 Å². The zero-order chi connectivity index (χ0) is 18.9. The lowest BCUT2D eigenvalue weighted by atomic mass is 10.1. The van der Waals surface area contributed by atoms with Crippen molar-refractivity contribution in [3.8, 4) is 17.2 Å². The maximum atomic E-state index is 12.9. The van der Waals surface area contributed by atoms with Crippen molar-refractivity contribution in [2.75, 3.05) is 20.8 Å². The lowest BCUT2D eigenvalue weighted by Crippen LogP contribution is -2.36. The monoisotopic (exact) mass is 361 g/mol. The topological polar surface area (TPSA) is 56.8 Å². The Morgan fingerprint density at radius 2 is 1.77 bits per heavy atom. The number of methoxy groups -OCH3 is 2. The van der Waals surface area contributed by atoms with E-state index in [2.05, 4.69) is 5.32 Å². The van der Waals surface area contributed by atoms with E-state index >= 15 is 0 Å². The van der Waals surface area contributed by atoms with Crippen molar-refractivity contribution in [3.63, 3.8) is 0 Å². The molecule has 0 fully saturated rings. The molecule has 0 aliphatic heterocycles. The van der Waals surface area contributed by atoms with Crippen molar-refractivity contribution in [3.05, 3.63) is 53.8 Å². The predicted octanol–water partition coefficient (Wildman–Crippen LogP) is 3.36. The Labute approximate surface area is 153 Å². The Hall–Kier alpha value is -2.76. The number of amides is 1. The first-order chi connectivity index (χ1) is 12.5. The van der Waals surface area contributed by atoms with Gasteiger partial charge < -0.3 is 19.5 Å². The second-order valence-electron chi connectivity index (χ2n) is 5.80. The highest BCUT2D eigenvalue weighted by atomic mass is 19.1. The molecule has 0 saturated heterocycles. The van der Waals surface area contributed by atoms with Gasteiger partial charge in [-0.25, -0.2) is 4.39 Å². The second kappa shape index (κ2) is 9.65. The molecule has 6 heteroatoms. The molecule has 0 heterocycles. The Morgan fingerprint density at radius 3 is 2.42 bits per heavy atom. The van der Waals surface area contributed by atoms with Crippen LogP contribution in [0.1, 0.15) is 18.9 Å². The van der Waals surface area contributed by atoms with Gasteiger partial charge in [0.15, 0.2) is 17.6 Å². The minimum atomic E-state index is -0.651. The summed E-state index contributed by atoms with van der Waals surface area (Å²) in [5.41, 5.74) is 1.10. The molecule has 140 valence electrons. The van der Waals surface area contributed by atoms with Gasteiger partial charge in [-0.2, -0.15) is 0 Å². The Kier molecular flexibility index (Phi) is 7.26. The third-order valence-electron chi connectivity index (χ3n) is 3.89. The van der Waals surface area contributed by atoms with Crippen LogP contribution in [0.2, 0.25) is 0 Å². The molecule has 0 aliphatic carbocycles. The highest BCUT2D eigenvalue weighted by molar-refractivity contribution is 5.80. The van der Waals surface area contributed by atoms with Crippen LogP contribution in [0.15, 0.2) is 42.5 Å². The fourth-order valence-electron chi connectivity index (χ4n) is 2.45. The number of ether oxygens (including phenoxy) is 3. The molecule has 2 aromatic carbocycles. The molecule has 1 unspecified atom stereocenters. The van der Waals surface area contributed by atoms with Crippen LogP contribution in [0.5, 0.6) is 17.2 Å². The largest absolute Gasteiger partial charge is 0.493 e. The van der Waals surface area contributed by atoms with Gasteiger partial charge in [0, 0.05) is 6.54 Å². The van der Waals surface area contributed by atoms with Crippen LogP contribution >= 0.6 is 0 Å². The van der Waals surface area contributed by atoms with Gasteiger partial charge in [-0.3, -0.25) is 4.79 Å². The summed E-state index contributed by atoms with van der Waals surface area (Å²) in [4.78, 5) is 12.1. The van der Waals surface area contributed by atoms with Crippen LogP contribution in [0.3, 0.4) is 0 Å². The Morgan fingerprint density at radius 1 is 1.08 bits per heavy atom. The normalized spacial score (nSPS) is 11.5. The molecule has 2 rings (SSSR count). The van der Waals surface area contributed by atoms with E-state index in [0.29, 0.717) is 23.8 Å². The van der Waals surface area contributed by atoms with E-state index in [-0.39, 0.29) is 11.7 Å². The number of halogens is 1. The van der Waals surface area contributed by atoms with E-state index in [9.17, 15) is 9.18 Å². The van der Waals surface area contributed by atoms with Crippen LogP contribution in [-0.2, 0) is 11.2 Å². The number of rotatable bonds is 9. The average Bonchev–Trinajstić information content (AvgIpc) is 2.66. The molecular weight excluding hydrogens is 337 g/mol. The summed E-state index contributed by atoms with van der Waals surface area (Å²) in [5, 5.41) is 2.84. The predicted molar refractivity (Wildman–Crippen MR) is 97.4 cm³/mol. The smallest absolute Gasteiger partial charge is 0.260 e. The lowest BCUT2D eigenvalue weighted by molar-refractivity contribution is -0.127. The molecule has 1 amide bonds. The van der Waals surface area contributed by atoms with Crippen LogP contribution in [0.4, 0.5) is 4.39 Å². The number of hydrogen-bond acceptors (Lipinski definition) is 4. The first-order valence-corrected chi connectivity index (χ1v) is 8.44. The van der Waals surface area contributed by atoms with Gasteiger partial charge in [-0.15, -0.1) is 0 Å². The van der Waals surface area contributed by atoms with Gasteiger partial charge in [0.05, 0.1) is 14.2 Å². The summed E-state index contributed by atoms with van der Waals surface area (Å²) < 4.78 is 28.9. The van der Waals surface area contributed by atoms with E-state index in [1.165, 1.54) is 24.3 Å². The zero-order valence-corrected chi connectivity index (χ0v) is 15.3. The SMILES string of the molecule is COc1ccc(CCCNC(=O)C(C)Oc2ccc(F)cc2)cc1OC. The van der Waals surface area contributed by atoms with Crippen molar-refractivity contribution >= 4 is 5.91 Å². The summed E-state index contributed by atoms with van der Waals surface area (Å²) in [7, 11) is 3.20. The van der Waals surface area contributed by atoms with Gasteiger partial charge in [0.2, 0.25) is 0 Å². The minimum absolute atomic E-state index is 0.207. The van der Waals surface area contributed by atoms with E-state index in [1.807, 2.05) is 18.2 Å². The summed E-state index contributed by atoms with van der Waals surface area (Å²) in [6.45, 7) is 2.19. The van der Waals surface area contributed by atoms with Crippen LogP contribution in [0, 0.1) is 5.82 Å². The first-order valence-electron chi connectivity index (χ1n) is 8.44. The van der Waals surface area contributed by atoms with Crippen molar-refractivity contribution in [1.29, 1.82) is 0 Å². The fourth-order valence-corrected chi connectivity index (χ4v) is 2.45. The van der Waals surface area contributed by atoms with Crippen LogP contribution in [0.25, 0.3) is 0 Å². The van der Waals surface area contributed by atoms with Gasteiger partial charge in [0.25, 0.3) is 5.91 Å². The standard InChI is InChI=1S/C20H24FNO4/c1-14(26-17-9-7-16(21)8-10-17)20(23)22-12-4-5-15-6-11-18(24-2)19(13-15)25-3/h6-11,13-14H,4-5,12H2,1-3H3,(H,22,23). The summed E-state index contributed by atoms with van der Waals surface area (Å²) in [5.74, 6) is 1.29. The molecule has 2 aromatic rings. The second-order valence-corrected chi connectivity index (χ2v) is 5.80. The number of nitrogens with one attached hydrogen (secondary N) is 1. The summed E-state index contributed by atoms with van der Waals surface area (Å²) >= 11 is 0. The number of carbonyl (C=O) groups excluding carboxylic acids is 1. The third kappa shape index (κ3) is 5.65. The van der Waals surface area contributed by atoms with Crippen LogP contribution < -0.4 is 19.5 Å².